The van der Waals surface area contributed by atoms with Gasteiger partial charge in [-0.1, -0.05) is 48.9 Å². The molecule has 184 valence electrons. The minimum atomic E-state index is -0.807. The molecule has 1 aliphatic rings. The standard InChI is InChI=1S/C28H26N2O4S2/c1-4-5-12-34-19-10-8-18(9-11-19)24-22(25(31)20-7-6-13-35-20)26(32)27(33)30(24)28-29-23-17(3)14-16(2)15-21(23)36-28/h6-11,13-15,24,32H,4-5,12H2,1-3H3. The summed E-state index contributed by atoms with van der Waals surface area (Å²) < 4.78 is 6.75. The van der Waals surface area contributed by atoms with Crippen molar-refractivity contribution in [1.82, 2.24) is 4.98 Å². The number of fused-ring (bicyclic) bond motifs is 1. The third-order valence-corrected chi connectivity index (χ3v) is 8.06. The van der Waals surface area contributed by atoms with Crippen LogP contribution in [0.25, 0.3) is 10.2 Å². The number of ketones is 1. The highest BCUT2D eigenvalue weighted by Gasteiger charge is 2.46. The van der Waals surface area contributed by atoms with Gasteiger partial charge in [0.2, 0.25) is 5.78 Å². The molecule has 0 fully saturated rings. The second-order valence-corrected chi connectivity index (χ2v) is 10.8. The van der Waals surface area contributed by atoms with Gasteiger partial charge in [-0.05, 0) is 66.6 Å². The van der Waals surface area contributed by atoms with Crippen molar-refractivity contribution in [2.24, 2.45) is 0 Å². The van der Waals surface area contributed by atoms with Gasteiger partial charge in [-0.3, -0.25) is 14.5 Å². The van der Waals surface area contributed by atoms with Crippen molar-refractivity contribution < 1.29 is 19.4 Å². The van der Waals surface area contributed by atoms with Crippen LogP contribution in [-0.2, 0) is 4.79 Å². The number of aliphatic hydroxyl groups is 1. The zero-order valence-corrected chi connectivity index (χ0v) is 21.9. The lowest BCUT2D eigenvalue weighted by Gasteiger charge is -2.24. The summed E-state index contributed by atoms with van der Waals surface area (Å²) in [7, 11) is 0. The molecule has 1 N–H and O–H groups in total. The van der Waals surface area contributed by atoms with Crippen LogP contribution in [0.3, 0.4) is 0 Å². The van der Waals surface area contributed by atoms with E-state index in [4.69, 9.17) is 9.72 Å². The number of aryl methyl sites for hydroxylation is 2. The van der Waals surface area contributed by atoms with Crippen LogP contribution in [0, 0.1) is 13.8 Å². The summed E-state index contributed by atoms with van der Waals surface area (Å²) in [5.74, 6) is -0.807. The van der Waals surface area contributed by atoms with E-state index in [0.717, 1.165) is 34.2 Å². The number of benzene rings is 2. The number of carbonyl (C=O) groups excluding carboxylic acids is 2. The molecule has 0 radical (unpaired) electrons. The number of carbonyl (C=O) groups is 2. The first-order chi connectivity index (χ1) is 17.4. The number of aromatic nitrogens is 1. The topological polar surface area (TPSA) is 79.7 Å². The van der Waals surface area contributed by atoms with E-state index in [0.29, 0.717) is 27.9 Å². The fourth-order valence-electron chi connectivity index (χ4n) is 4.43. The van der Waals surface area contributed by atoms with E-state index in [9.17, 15) is 14.7 Å². The summed E-state index contributed by atoms with van der Waals surface area (Å²) in [5, 5.41) is 13.2. The number of rotatable bonds is 8. The van der Waals surface area contributed by atoms with Crippen LogP contribution in [0.15, 0.2) is 65.2 Å². The van der Waals surface area contributed by atoms with Crippen molar-refractivity contribution in [3.05, 3.63) is 86.8 Å². The van der Waals surface area contributed by atoms with Gasteiger partial charge in [-0.2, -0.15) is 0 Å². The maximum atomic E-state index is 13.5. The molecule has 3 heterocycles. The Morgan fingerprint density at radius 2 is 1.94 bits per heavy atom. The first kappa shape index (κ1) is 24.2. The number of anilines is 1. The van der Waals surface area contributed by atoms with E-state index >= 15 is 0 Å². The lowest BCUT2D eigenvalue weighted by molar-refractivity contribution is -0.117. The molecule has 8 heteroatoms. The van der Waals surface area contributed by atoms with E-state index in [-0.39, 0.29) is 11.4 Å². The van der Waals surface area contributed by atoms with Crippen LogP contribution < -0.4 is 9.64 Å². The summed E-state index contributed by atoms with van der Waals surface area (Å²) in [5.41, 5.74) is 3.69. The molecule has 0 bridgehead atoms. The Kier molecular flexibility index (Phi) is 6.64. The van der Waals surface area contributed by atoms with E-state index in [2.05, 4.69) is 6.92 Å². The summed E-state index contributed by atoms with van der Waals surface area (Å²) >= 11 is 2.66. The molecule has 6 nitrogen and oxygen atoms in total. The number of aliphatic hydroxyl groups excluding tert-OH is 1. The molecule has 36 heavy (non-hydrogen) atoms. The fourth-order valence-corrected chi connectivity index (χ4v) is 6.28. The van der Waals surface area contributed by atoms with Crippen molar-refractivity contribution in [2.45, 2.75) is 39.7 Å². The maximum Gasteiger partial charge on any atom is 0.296 e. The van der Waals surface area contributed by atoms with E-state index in [1.807, 2.05) is 50.2 Å². The zero-order valence-electron chi connectivity index (χ0n) is 20.3. The number of thiophene rings is 1. The van der Waals surface area contributed by atoms with Gasteiger partial charge in [-0.15, -0.1) is 11.3 Å². The molecule has 1 atom stereocenters. The van der Waals surface area contributed by atoms with Gasteiger partial charge < -0.3 is 9.84 Å². The Labute approximate surface area is 217 Å². The number of nitrogens with zero attached hydrogens (tertiary/aromatic N) is 2. The van der Waals surface area contributed by atoms with Crippen molar-refractivity contribution >= 4 is 49.7 Å². The summed E-state index contributed by atoms with van der Waals surface area (Å²) in [6, 6.07) is 14.1. The van der Waals surface area contributed by atoms with Crippen molar-refractivity contribution in [2.75, 3.05) is 11.5 Å². The molecule has 0 aliphatic carbocycles. The Balaban J connectivity index is 1.60. The van der Waals surface area contributed by atoms with E-state index < -0.39 is 17.7 Å². The quantitative estimate of drug-likeness (QED) is 0.202. The smallest absolute Gasteiger partial charge is 0.296 e. The van der Waals surface area contributed by atoms with Gasteiger partial charge in [0.1, 0.15) is 5.75 Å². The number of ether oxygens (including phenoxy) is 1. The van der Waals surface area contributed by atoms with Crippen molar-refractivity contribution in [1.29, 1.82) is 0 Å². The van der Waals surface area contributed by atoms with E-state index in [1.165, 1.54) is 27.6 Å². The van der Waals surface area contributed by atoms with Crippen LogP contribution in [0.2, 0.25) is 0 Å². The van der Waals surface area contributed by atoms with Crippen LogP contribution in [0.4, 0.5) is 5.13 Å². The fraction of sp³-hybridized carbons (Fsp3) is 0.250. The lowest BCUT2D eigenvalue weighted by atomic mass is 9.95. The summed E-state index contributed by atoms with van der Waals surface area (Å²) in [6.45, 7) is 6.73. The maximum absolute atomic E-state index is 13.5. The van der Waals surface area contributed by atoms with Gasteiger partial charge >= 0.3 is 0 Å². The van der Waals surface area contributed by atoms with Crippen molar-refractivity contribution in [3.63, 3.8) is 0 Å². The largest absolute Gasteiger partial charge is 0.503 e. The van der Waals surface area contributed by atoms with Crippen LogP contribution in [-0.4, -0.2) is 28.4 Å². The van der Waals surface area contributed by atoms with Crippen molar-refractivity contribution in [3.8, 4) is 5.75 Å². The molecule has 1 amide bonds. The van der Waals surface area contributed by atoms with Crippen LogP contribution in [0.5, 0.6) is 5.75 Å². The average Bonchev–Trinajstić information content (AvgIpc) is 3.59. The molecule has 4 aromatic rings. The third-order valence-electron chi connectivity index (χ3n) is 6.18. The molecular formula is C28H26N2O4S2. The number of hydrogen-bond donors (Lipinski definition) is 1. The Morgan fingerprint density at radius 1 is 1.17 bits per heavy atom. The second kappa shape index (κ2) is 9.87. The SMILES string of the molecule is CCCCOc1ccc(C2C(C(=O)c3cccs3)=C(O)C(=O)N2c2nc3c(C)cc(C)cc3s2)cc1. The Morgan fingerprint density at radius 3 is 2.64 bits per heavy atom. The van der Waals surface area contributed by atoms with Gasteiger partial charge in [-0.25, -0.2) is 4.98 Å². The van der Waals surface area contributed by atoms with Crippen LogP contribution >= 0.6 is 22.7 Å². The molecule has 1 aliphatic heterocycles. The number of amides is 1. The predicted octanol–water partition coefficient (Wildman–Crippen LogP) is 6.94. The normalized spacial score (nSPS) is 15.8. The first-order valence-electron chi connectivity index (χ1n) is 11.8. The highest BCUT2D eigenvalue weighted by atomic mass is 32.1. The molecule has 2 aromatic carbocycles. The summed E-state index contributed by atoms with van der Waals surface area (Å²) in [6.07, 6.45) is 2.00. The van der Waals surface area contributed by atoms with Gasteiger partial charge in [0.15, 0.2) is 10.9 Å². The van der Waals surface area contributed by atoms with E-state index in [1.54, 1.807) is 17.5 Å². The Hall–Kier alpha value is -3.49. The molecular weight excluding hydrogens is 492 g/mol. The molecule has 0 spiro atoms. The average molecular weight is 519 g/mol. The number of hydrogen-bond acceptors (Lipinski definition) is 7. The minimum Gasteiger partial charge on any atom is -0.503 e. The van der Waals surface area contributed by atoms with Gasteiger partial charge in [0, 0.05) is 0 Å². The predicted molar refractivity (Wildman–Crippen MR) is 144 cm³/mol. The monoisotopic (exact) mass is 518 g/mol. The highest BCUT2D eigenvalue weighted by molar-refractivity contribution is 7.22. The first-order valence-corrected chi connectivity index (χ1v) is 13.5. The second-order valence-electron chi connectivity index (χ2n) is 8.84. The highest BCUT2D eigenvalue weighted by Crippen LogP contribution is 2.45. The summed E-state index contributed by atoms with van der Waals surface area (Å²) in [4.78, 5) is 33.6. The molecule has 0 saturated carbocycles. The third kappa shape index (κ3) is 4.31. The molecule has 0 saturated heterocycles. The number of thiazole rings is 1. The molecule has 1 unspecified atom stereocenters. The zero-order chi connectivity index (χ0) is 25.4. The number of unbranched alkanes of at least 4 members (excludes halogenated alkanes) is 1. The van der Waals surface area contributed by atoms with Gasteiger partial charge in [0.25, 0.3) is 5.91 Å². The van der Waals surface area contributed by atoms with Crippen LogP contribution in [0.1, 0.15) is 52.2 Å². The van der Waals surface area contributed by atoms with Gasteiger partial charge in [0.05, 0.1) is 33.3 Å². The minimum absolute atomic E-state index is 0.0641. The molecule has 2 aromatic heterocycles. The molecule has 5 rings (SSSR count). The lowest BCUT2D eigenvalue weighted by Crippen LogP contribution is -2.30. The number of Topliss-reactive ketones (excluding diaryl/α,β-unsaturated/α-hetero) is 1. The Bertz CT molecular complexity index is 1470.